The summed E-state index contributed by atoms with van der Waals surface area (Å²) in [5.74, 6) is 0.827. The van der Waals surface area contributed by atoms with Crippen LogP contribution in [0.1, 0.15) is 23.1 Å². The van der Waals surface area contributed by atoms with Gasteiger partial charge in [-0.3, -0.25) is 5.43 Å². The maximum absolute atomic E-state index is 9.48. The Kier molecular flexibility index (Phi) is 5.84. The second-order valence-corrected chi connectivity index (χ2v) is 6.86. The van der Waals surface area contributed by atoms with Crippen LogP contribution in [0.3, 0.4) is 0 Å². The molecule has 0 aliphatic rings. The van der Waals surface area contributed by atoms with Gasteiger partial charge in [-0.25, -0.2) is 4.98 Å². The summed E-state index contributed by atoms with van der Waals surface area (Å²) in [6.07, 6.45) is 0. The van der Waals surface area contributed by atoms with Crippen molar-refractivity contribution in [3.8, 4) is 23.1 Å². The van der Waals surface area contributed by atoms with Crippen molar-refractivity contribution < 1.29 is 4.74 Å². The lowest BCUT2D eigenvalue weighted by molar-refractivity contribution is 0.340. The number of thiazole rings is 1. The van der Waals surface area contributed by atoms with Crippen molar-refractivity contribution in [2.45, 2.75) is 20.8 Å². The molecule has 3 rings (SSSR count). The predicted octanol–water partition coefficient (Wildman–Crippen LogP) is 5.17. The molecule has 0 fully saturated rings. The third-order valence-electron chi connectivity index (χ3n) is 3.94. The molecule has 0 spiro atoms. The van der Waals surface area contributed by atoms with Crippen LogP contribution in [0.2, 0.25) is 0 Å². The van der Waals surface area contributed by atoms with Crippen molar-refractivity contribution in [2.75, 3.05) is 12.0 Å². The highest BCUT2D eigenvalue weighted by atomic mass is 32.1. The van der Waals surface area contributed by atoms with Crippen LogP contribution in [0.15, 0.2) is 52.9 Å². The summed E-state index contributed by atoms with van der Waals surface area (Å²) in [7, 11) is 0. The quantitative estimate of drug-likeness (QED) is 0.476. The number of hydrogen-bond donors (Lipinski definition) is 1. The fraction of sp³-hybridized carbons (Fsp3) is 0.190. The minimum Gasteiger partial charge on any atom is -0.494 e. The first-order chi connectivity index (χ1) is 13.1. The molecule has 2 aromatic carbocycles. The van der Waals surface area contributed by atoms with Crippen molar-refractivity contribution >= 4 is 22.7 Å². The summed E-state index contributed by atoms with van der Waals surface area (Å²) in [5.41, 5.74) is 8.15. The molecule has 0 aliphatic heterocycles. The molecule has 5 nitrogen and oxygen atoms in total. The highest BCUT2D eigenvalue weighted by Gasteiger charge is 2.11. The lowest BCUT2D eigenvalue weighted by Gasteiger charge is -2.05. The lowest BCUT2D eigenvalue weighted by Crippen LogP contribution is -2.02. The summed E-state index contributed by atoms with van der Waals surface area (Å²) in [4.78, 5) is 4.56. The van der Waals surface area contributed by atoms with Crippen molar-refractivity contribution in [2.24, 2.45) is 5.10 Å². The number of nitriles is 1. The van der Waals surface area contributed by atoms with Crippen LogP contribution in [0, 0.1) is 25.2 Å². The topological polar surface area (TPSA) is 70.3 Å². The highest BCUT2D eigenvalue weighted by molar-refractivity contribution is 7.12. The van der Waals surface area contributed by atoms with E-state index in [-0.39, 0.29) is 5.71 Å². The number of rotatable bonds is 6. The van der Waals surface area contributed by atoms with Gasteiger partial charge in [-0.05, 0) is 56.7 Å². The van der Waals surface area contributed by atoms with Gasteiger partial charge in [0.2, 0.25) is 0 Å². The number of aromatic nitrogens is 1. The second-order valence-electron chi connectivity index (χ2n) is 6.00. The number of anilines is 1. The van der Waals surface area contributed by atoms with Crippen LogP contribution in [0.4, 0.5) is 5.69 Å². The Morgan fingerprint density at radius 2 is 2.00 bits per heavy atom. The molecule has 0 atom stereocenters. The van der Waals surface area contributed by atoms with Crippen LogP contribution >= 0.6 is 11.3 Å². The Bertz CT molecular complexity index is 1000. The van der Waals surface area contributed by atoms with E-state index < -0.39 is 0 Å². The van der Waals surface area contributed by atoms with Gasteiger partial charge in [0.05, 0.1) is 18.0 Å². The zero-order chi connectivity index (χ0) is 19.2. The molecule has 136 valence electrons. The van der Waals surface area contributed by atoms with E-state index >= 15 is 0 Å². The van der Waals surface area contributed by atoms with Gasteiger partial charge in [0.1, 0.15) is 11.8 Å². The Morgan fingerprint density at radius 1 is 1.22 bits per heavy atom. The molecule has 0 bridgehead atoms. The van der Waals surface area contributed by atoms with E-state index in [0.29, 0.717) is 11.6 Å². The van der Waals surface area contributed by atoms with Gasteiger partial charge >= 0.3 is 0 Å². The van der Waals surface area contributed by atoms with E-state index in [1.54, 1.807) is 0 Å². The summed E-state index contributed by atoms with van der Waals surface area (Å²) < 4.78 is 5.46. The van der Waals surface area contributed by atoms with E-state index in [1.807, 2.05) is 62.5 Å². The molecule has 1 aromatic heterocycles. The molecule has 0 radical (unpaired) electrons. The van der Waals surface area contributed by atoms with Gasteiger partial charge in [-0.2, -0.15) is 10.4 Å². The average Bonchev–Trinajstić information content (AvgIpc) is 3.14. The zero-order valence-electron chi connectivity index (χ0n) is 15.5. The zero-order valence-corrected chi connectivity index (χ0v) is 16.3. The Labute approximate surface area is 163 Å². The second kappa shape index (κ2) is 8.47. The molecule has 1 heterocycles. The molecule has 0 saturated carbocycles. The van der Waals surface area contributed by atoms with Gasteiger partial charge in [-0.1, -0.05) is 17.7 Å². The Balaban J connectivity index is 1.79. The highest BCUT2D eigenvalue weighted by Crippen LogP contribution is 2.25. The molecule has 0 aliphatic carbocycles. The van der Waals surface area contributed by atoms with Crippen LogP contribution in [0.5, 0.6) is 5.75 Å². The van der Waals surface area contributed by atoms with E-state index in [2.05, 4.69) is 27.6 Å². The fourth-order valence-corrected chi connectivity index (χ4v) is 3.35. The molecule has 0 amide bonds. The van der Waals surface area contributed by atoms with Crippen molar-refractivity contribution in [3.05, 3.63) is 64.0 Å². The minimum absolute atomic E-state index is 0.261. The number of nitrogens with one attached hydrogen (secondary N) is 1. The first-order valence-electron chi connectivity index (χ1n) is 8.61. The first kappa shape index (κ1) is 18.6. The third kappa shape index (κ3) is 4.52. The maximum Gasteiger partial charge on any atom is 0.196 e. The van der Waals surface area contributed by atoms with E-state index in [1.165, 1.54) is 16.9 Å². The lowest BCUT2D eigenvalue weighted by atomic mass is 10.1. The average molecular weight is 376 g/mol. The summed E-state index contributed by atoms with van der Waals surface area (Å²) >= 11 is 1.40. The van der Waals surface area contributed by atoms with Gasteiger partial charge < -0.3 is 4.74 Å². The fourth-order valence-electron chi connectivity index (χ4n) is 2.58. The normalized spacial score (nSPS) is 11.1. The summed E-state index contributed by atoms with van der Waals surface area (Å²) in [6.45, 7) is 6.63. The molecule has 0 saturated heterocycles. The molecule has 1 N–H and O–H groups in total. The molecular weight excluding hydrogens is 356 g/mol. The summed E-state index contributed by atoms with van der Waals surface area (Å²) in [5, 5.41) is 16.2. The van der Waals surface area contributed by atoms with Gasteiger partial charge in [0.15, 0.2) is 10.7 Å². The largest absolute Gasteiger partial charge is 0.494 e. The molecular formula is C21H20N4OS. The molecule has 6 heteroatoms. The van der Waals surface area contributed by atoms with Gasteiger partial charge in [0, 0.05) is 10.9 Å². The summed E-state index contributed by atoms with van der Waals surface area (Å²) in [6, 6.07) is 15.9. The third-order valence-corrected chi connectivity index (χ3v) is 4.79. The van der Waals surface area contributed by atoms with Crippen molar-refractivity contribution in [1.82, 2.24) is 4.98 Å². The maximum atomic E-state index is 9.48. The Hall–Kier alpha value is -3.17. The molecule has 27 heavy (non-hydrogen) atoms. The van der Waals surface area contributed by atoms with Gasteiger partial charge in [0.25, 0.3) is 0 Å². The number of benzene rings is 2. The SMILES string of the molecule is CCOc1ccc(-c2csc(/C(C#N)=N/Nc3ccc(C)cc3C)n2)cc1. The minimum atomic E-state index is 0.261. The van der Waals surface area contributed by atoms with Crippen LogP contribution in [-0.4, -0.2) is 17.3 Å². The van der Waals surface area contributed by atoms with Crippen molar-refractivity contribution in [3.63, 3.8) is 0 Å². The number of aryl methyl sites for hydroxylation is 2. The van der Waals surface area contributed by atoms with E-state index in [4.69, 9.17) is 4.74 Å². The van der Waals surface area contributed by atoms with Gasteiger partial charge in [-0.15, -0.1) is 11.3 Å². The van der Waals surface area contributed by atoms with E-state index in [9.17, 15) is 5.26 Å². The van der Waals surface area contributed by atoms with Crippen LogP contribution in [0.25, 0.3) is 11.3 Å². The van der Waals surface area contributed by atoms with E-state index in [0.717, 1.165) is 28.3 Å². The number of hydrazone groups is 1. The Morgan fingerprint density at radius 3 is 2.67 bits per heavy atom. The standard InChI is InChI=1S/C21H20N4OS/c1-4-26-17-8-6-16(7-9-17)20-13-27-21(23-20)19(12-22)25-24-18-10-5-14(2)11-15(18)3/h5-11,13,24H,4H2,1-3H3/b25-19+. The smallest absolute Gasteiger partial charge is 0.196 e. The predicted molar refractivity (Wildman–Crippen MR) is 110 cm³/mol. The van der Waals surface area contributed by atoms with Crippen LogP contribution in [-0.2, 0) is 0 Å². The number of nitrogens with zero attached hydrogens (tertiary/aromatic N) is 3. The van der Waals surface area contributed by atoms with Crippen molar-refractivity contribution in [1.29, 1.82) is 5.26 Å². The first-order valence-corrected chi connectivity index (χ1v) is 9.49. The molecule has 0 unspecified atom stereocenters. The number of ether oxygens (including phenoxy) is 1. The molecule has 3 aromatic rings. The number of hydrogen-bond acceptors (Lipinski definition) is 6. The van der Waals surface area contributed by atoms with Crippen LogP contribution < -0.4 is 10.2 Å². The monoisotopic (exact) mass is 376 g/mol.